The second kappa shape index (κ2) is 6.89. The molecule has 7 nitrogen and oxygen atoms in total. The molecule has 1 aromatic carbocycles. The van der Waals surface area contributed by atoms with Crippen LogP contribution < -0.4 is 15.5 Å². The molecule has 0 saturated heterocycles. The molecule has 110 valence electrons. The highest BCUT2D eigenvalue weighted by Crippen LogP contribution is 2.29. The lowest BCUT2D eigenvalue weighted by molar-refractivity contribution is 0.251. The fourth-order valence-electron chi connectivity index (χ4n) is 1.67. The lowest BCUT2D eigenvalue weighted by Crippen LogP contribution is -2.23. The highest BCUT2D eigenvalue weighted by molar-refractivity contribution is 9.10. The first-order valence-electron chi connectivity index (χ1n) is 5.99. The molecule has 2 aromatic rings. The molecular weight excluding hydrogens is 340 g/mol. The lowest BCUT2D eigenvalue weighted by Gasteiger charge is -2.09. The number of carbonyl (C=O) groups excluding carboxylic acids is 1. The van der Waals surface area contributed by atoms with Crippen LogP contribution in [0.4, 0.5) is 10.5 Å². The number of hydrogen-bond acceptors (Lipinski definition) is 5. The number of nitrogens with one attached hydrogen (secondary N) is 3. The second-order valence-electron chi connectivity index (χ2n) is 4.13. The number of furan rings is 1. The number of anilines is 1. The molecule has 0 aliphatic carbocycles. The van der Waals surface area contributed by atoms with Crippen LogP contribution in [0.3, 0.4) is 0 Å². The van der Waals surface area contributed by atoms with Gasteiger partial charge in [0.05, 0.1) is 11.3 Å². The summed E-state index contributed by atoms with van der Waals surface area (Å²) in [7, 11) is 0. The van der Waals surface area contributed by atoms with E-state index < -0.39 is 6.03 Å². The van der Waals surface area contributed by atoms with Crippen molar-refractivity contribution < 1.29 is 13.9 Å². The Balaban J connectivity index is 2.09. The highest BCUT2D eigenvalue weighted by atomic mass is 79.9. The Morgan fingerprint density at radius 3 is 2.95 bits per heavy atom. The summed E-state index contributed by atoms with van der Waals surface area (Å²) in [6, 6.07) is 6.99. The van der Waals surface area contributed by atoms with Crippen LogP contribution in [0, 0.1) is 12.5 Å². The third-order valence-corrected chi connectivity index (χ3v) is 3.38. The van der Waals surface area contributed by atoms with Crippen LogP contribution in [0.1, 0.15) is 11.1 Å². The molecule has 0 fully saturated rings. The van der Waals surface area contributed by atoms with Crippen LogP contribution in [0.5, 0.6) is 5.75 Å². The van der Waals surface area contributed by atoms with Gasteiger partial charge in [0.1, 0.15) is 18.6 Å². The summed E-state index contributed by atoms with van der Waals surface area (Å²) >= 11 is 3.26. The average Bonchev–Trinajstić information content (AvgIpc) is 2.79. The van der Waals surface area contributed by atoms with Gasteiger partial charge in [-0.25, -0.2) is 10.2 Å². The van der Waals surface area contributed by atoms with E-state index in [4.69, 9.17) is 14.7 Å². The zero-order chi connectivity index (χ0) is 15.2. The summed E-state index contributed by atoms with van der Waals surface area (Å²) in [5.41, 5.74) is 10.6. The van der Waals surface area contributed by atoms with Gasteiger partial charge in [-0.05, 0) is 34.5 Å². The maximum atomic E-state index is 11.4. The van der Waals surface area contributed by atoms with E-state index in [1.165, 1.54) is 6.26 Å². The highest BCUT2D eigenvalue weighted by Gasteiger charge is 2.15. The number of carbonyl (C=O) groups is 1. The van der Waals surface area contributed by atoms with E-state index >= 15 is 0 Å². The normalized spacial score (nSPS) is 10.0. The van der Waals surface area contributed by atoms with Crippen molar-refractivity contribution in [1.82, 2.24) is 5.43 Å². The summed E-state index contributed by atoms with van der Waals surface area (Å²) in [6.45, 7) is 2.16. The minimum absolute atomic E-state index is 0.218. The van der Waals surface area contributed by atoms with Gasteiger partial charge in [-0.15, -0.1) is 0 Å². The molecule has 8 heteroatoms. The van der Waals surface area contributed by atoms with Gasteiger partial charge >= 0.3 is 6.03 Å². The molecule has 0 atom stereocenters. The van der Waals surface area contributed by atoms with Crippen molar-refractivity contribution in [3.8, 4) is 5.75 Å². The van der Waals surface area contributed by atoms with Crippen molar-refractivity contribution in [2.24, 2.45) is 5.22 Å². The van der Waals surface area contributed by atoms with Gasteiger partial charge in [0.25, 0.3) is 0 Å². The number of amides is 2. The standard InChI is InChI=1S/C13H13BrN4O3/c1-8-4-2-3-5-11(8)20-6-9-10(7-21-12(9)14)16-13(19)17-18-15/h2-5,7H,6H2,1H3,(H3,15,16,17,19). The van der Waals surface area contributed by atoms with Gasteiger partial charge in [-0.1, -0.05) is 23.4 Å². The Morgan fingerprint density at radius 2 is 2.24 bits per heavy atom. The Labute approximate surface area is 129 Å². The molecule has 3 N–H and O–H groups in total. The first-order chi connectivity index (χ1) is 10.1. The molecule has 0 radical (unpaired) electrons. The zero-order valence-corrected chi connectivity index (χ0v) is 12.7. The van der Waals surface area contributed by atoms with Gasteiger partial charge < -0.3 is 14.5 Å². The topological polar surface area (TPSA) is 99.7 Å². The van der Waals surface area contributed by atoms with Crippen molar-refractivity contribution in [3.63, 3.8) is 0 Å². The summed E-state index contributed by atoms with van der Waals surface area (Å²) in [6.07, 6.45) is 1.38. The van der Waals surface area contributed by atoms with Crippen molar-refractivity contribution >= 4 is 27.6 Å². The minimum Gasteiger partial charge on any atom is -0.488 e. The SMILES string of the molecule is Cc1ccccc1OCc1c(NC(=O)NN=N)coc1Br. The van der Waals surface area contributed by atoms with E-state index in [1.807, 2.05) is 36.6 Å². The van der Waals surface area contributed by atoms with E-state index in [2.05, 4.69) is 26.5 Å². The van der Waals surface area contributed by atoms with Crippen LogP contribution in [-0.4, -0.2) is 6.03 Å². The number of ether oxygens (including phenoxy) is 1. The molecular formula is C13H13BrN4O3. The molecule has 21 heavy (non-hydrogen) atoms. The number of aryl methyl sites for hydroxylation is 1. The number of rotatable bonds is 5. The molecule has 0 spiro atoms. The summed E-state index contributed by atoms with van der Waals surface area (Å²) in [4.78, 5) is 11.4. The number of para-hydroxylation sites is 1. The van der Waals surface area contributed by atoms with Gasteiger partial charge in [-0.3, -0.25) is 0 Å². The maximum absolute atomic E-state index is 11.4. The lowest BCUT2D eigenvalue weighted by atomic mass is 10.2. The molecule has 0 aliphatic rings. The third-order valence-electron chi connectivity index (χ3n) is 2.71. The monoisotopic (exact) mass is 352 g/mol. The van der Waals surface area contributed by atoms with E-state index in [9.17, 15) is 4.79 Å². The number of benzene rings is 1. The van der Waals surface area contributed by atoms with Gasteiger partial charge in [0, 0.05) is 0 Å². The van der Waals surface area contributed by atoms with Crippen molar-refractivity contribution in [3.05, 3.63) is 46.3 Å². The van der Waals surface area contributed by atoms with Crippen LogP contribution >= 0.6 is 15.9 Å². The summed E-state index contributed by atoms with van der Waals surface area (Å²) in [5, 5.41) is 5.30. The molecule has 2 amide bonds. The molecule has 1 heterocycles. The van der Waals surface area contributed by atoms with E-state index in [0.29, 0.717) is 15.9 Å². The Morgan fingerprint density at radius 1 is 1.48 bits per heavy atom. The quantitative estimate of drug-likeness (QED) is 0.560. The van der Waals surface area contributed by atoms with Crippen molar-refractivity contribution in [1.29, 1.82) is 5.53 Å². The molecule has 0 saturated carbocycles. The third kappa shape index (κ3) is 3.82. The van der Waals surface area contributed by atoms with Gasteiger partial charge in [0.2, 0.25) is 0 Å². The predicted octanol–water partition coefficient (Wildman–Crippen LogP) is 4.00. The van der Waals surface area contributed by atoms with Gasteiger partial charge in [0.15, 0.2) is 4.67 Å². The van der Waals surface area contributed by atoms with Crippen molar-refractivity contribution in [2.75, 3.05) is 5.32 Å². The van der Waals surface area contributed by atoms with Crippen LogP contribution in [0.2, 0.25) is 0 Å². The Hall–Kier alpha value is -2.35. The number of urea groups is 1. The van der Waals surface area contributed by atoms with E-state index in [-0.39, 0.29) is 6.61 Å². The Bertz CT molecular complexity index is 657. The molecule has 1 aromatic heterocycles. The number of halogens is 1. The largest absolute Gasteiger partial charge is 0.488 e. The second-order valence-corrected chi connectivity index (χ2v) is 4.85. The average molecular weight is 353 g/mol. The summed E-state index contributed by atoms with van der Waals surface area (Å²) < 4.78 is 11.4. The smallest absolute Gasteiger partial charge is 0.341 e. The number of hydrogen-bond donors (Lipinski definition) is 3. The first kappa shape index (κ1) is 15.0. The molecule has 2 rings (SSSR count). The first-order valence-corrected chi connectivity index (χ1v) is 6.79. The Kier molecular flexibility index (Phi) is 4.94. The van der Waals surface area contributed by atoms with Crippen LogP contribution in [0.15, 0.2) is 44.8 Å². The molecule has 0 aliphatic heterocycles. The maximum Gasteiger partial charge on any atom is 0.341 e. The fourth-order valence-corrected chi connectivity index (χ4v) is 2.09. The summed E-state index contributed by atoms with van der Waals surface area (Å²) in [5.74, 6) is 0.752. The number of nitrogens with zero attached hydrogens (tertiary/aromatic N) is 1. The van der Waals surface area contributed by atoms with Crippen LogP contribution in [-0.2, 0) is 6.61 Å². The minimum atomic E-state index is -0.629. The predicted molar refractivity (Wildman–Crippen MR) is 79.2 cm³/mol. The molecule has 0 unspecified atom stereocenters. The van der Waals surface area contributed by atoms with E-state index in [0.717, 1.165) is 11.3 Å². The van der Waals surface area contributed by atoms with Crippen LogP contribution in [0.25, 0.3) is 0 Å². The van der Waals surface area contributed by atoms with E-state index in [1.54, 1.807) is 0 Å². The van der Waals surface area contributed by atoms with Crippen molar-refractivity contribution in [2.45, 2.75) is 13.5 Å². The molecule has 0 bridgehead atoms. The zero-order valence-electron chi connectivity index (χ0n) is 11.1. The fraction of sp³-hybridized carbons (Fsp3) is 0.154. The van der Waals surface area contributed by atoms with Gasteiger partial charge in [-0.2, -0.15) is 5.53 Å².